The van der Waals surface area contributed by atoms with Gasteiger partial charge < -0.3 is 4.74 Å². The van der Waals surface area contributed by atoms with Gasteiger partial charge in [0.25, 0.3) is 0 Å². The lowest BCUT2D eigenvalue weighted by Crippen LogP contribution is -2.13. The first kappa shape index (κ1) is 13.3. The number of ether oxygens (including phenoxy) is 1. The maximum absolute atomic E-state index is 12.5. The number of hydrogen-bond acceptors (Lipinski definition) is 4. The van der Waals surface area contributed by atoms with Gasteiger partial charge in [0, 0.05) is 24.0 Å². The monoisotopic (exact) mass is 259 g/mol. The molecule has 0 fully saturated rings. The summed E-state index contributed by atoms with van der Waals surface area (Å²) in [6.07, 6.45) is 4.06. The standard InChI is InChI=1S/C14H17N3O2/c1-4-7-17-13(12(19-3)9-16-17)14(18)11-6-5-10(2)15-8-11/h5-6,8-9H,4,7H2,1-3H3. The number of carbonyl (C=O) groups excluding carboxylic acids is 1. The molecule has 0 aromatic carbocycles. The fourth-order valence-corrected chi connectivity index (χ4v) is 1.87. The minimum Gasteiger partial charge on any atom is -0.493 e. The van der Waals surface area contributed by atoms with Crippen LogP contribution >= 0.6 is 0 Å². The molecule has 2 heterocycles. The first-order chi connectivity index (χ1) is 9.17. The van der Waals surface area contributed by atoms with Crippen LogP contribution in [-0.4, -0.2) is 27.7 Å². The van der Waals surface area contributed by atoms with Crippen molar-refractivity contribution in [2.75, 3.05) is 7.11 Å². The van der Waals surface area contributed by atoms with Gasteiger partial charge in [-0.2, -0.15) is 5.10 Å². The number of hydrogen-bond donors (Lipinski definition) is 0. The third-order valence-corrected chi connectivity index (χ3v) is 2.85. The highest BCUT2D eigenvalue weighted by atomic mass is 16.5. The van der Waals surface area contributed by atoms with Crippen molar-refractivity contribution in [2.45, 2.75) is 26.8 Å². The Kier molecular flexibility index (Phi) is 3.94. The summed E-state index contributed by atoms with van der Waals surface area (Å²) in [5.74, 6) is 0.384. The maximum atomic E-state index is 12.5. The van der Waals surface area contributed by atoms with E-state index in [4.69, 9.17) is 4.74 Å². The van der Waals surface area contributed by atoms with E-state index in [-0.39, 0.29) is 5.78 Å². The summed E-state index contributed by atoms with van der Waals surface area (Å²) in [4.78, 5) is 16.7. The van der Waals surface area contributed by atoms with Gasteiger partial charge in [0.05, 0.1) is 13.3 Å². The van der Waals surface area contributed by atoms with Crippen molar-refractivity contribution in [1.82, 2.24) is 14.8 Å². The average Bonchev–Trinajstić information content (AvgIpc) is 2.82. The van der Waals surface area contributed by atoms with Crippen LogP contribution in [0, 0.1) is 6.92 Å². The second-order valence-corrected chi connectivity index (χ2v) is 4.30. The molecule has 19 heavy (non-hydrogen) atoms. The Hall–Kier alpha value is -2.17. The van der Waals surface area contributed by atoms with Crippen LogP contribution in [0.5, 0.6) is 5.75 Å². The van der Waals surface area contributed by atoms with Crippen molar-refractivity contribution < 1.29 is 9.53 Å². The molecule has 0 aliphatic carbocycles. The summed E-state index contributed by atoms with van der Waals surface area (Å²) in [7, 11) is 1.54. The van der Waals surface area contributed by atoms with Crippen LogP contribution in [0.3, 0.4) is 0 Å². The average molecular weight is 259 g/mol. The molecule has 0 saturated carbocycles. The number of aromatic nitrogens is 3. The lowest BCUT2D eigenvalue weighted by molar-refractivity contribution is 0.102. The van der Waals surface area contributed by atoms with Crippen molar-refractivity contribution in [3.05, 3.63) is 41.5 Å². The first-order valence-corrected chi connectivity index (χ1v) is 6.24. The Labute approximate surface area is 112 Å². The van der Waals surface area contributed by atoms with Crippen LogP contribution in [0.15, 0.2) is 24.5 Å². The fourth-order valence-electron chi connectivity index (χ4n) is 1.87. The number of ketones is 1. The molecule has 0 N–H and O–H groups in total. The Morgan fingerprint density at radius 1 is 1.37 bits per heavy atom. The summed E-state index contributed by atoms with van der Waals surface area (Å²) >= 11 is 0. The smallest absolute Gasteiger partial charge is 0.216 e. The number of aryl methyl sites for hydroxylation is 2. The van der Waals surface area contributed by atoms with Crippen molar-refractivity contribution in [2.24, 2.45) is 0 Å². The minimum absolute atomic E-state index is 0.115. The minimum atomic E-state index is -0.115. The van der Waals surface area contributed by atoms with Gasteiger partial charge >= 0.3 is 0 Å². The van der Waals surface area contributed by atoms with Gasteiger partial charge in [-0.05, 0) is 25.5 Å². The SMILES string of the molecule is CCCn1ncc(OC)c1C(=O)c1ccc(C)nc1. The zero-order chi connectivity index (χ0) is 13.8. The molecule has 0 bridgehead atoms. The maximum Gasteiger partial charge on any atom is 0.216 e. The van der Waals surface area contributed by atoms with Gasteiger partial charge in [0.2, 0.25) is 5.78 Å². The van der Waals surface area contributed by atoms with Crippen molar-refractivity contribution in [3.8, 4) is 5.75 Å². The zero-order valence-corrected chi connectivity index (χ0v) is 11.4. The molecular formula is C14H17N3O2. The lowest BCUT2D eigenvalue weighted by Gasteiger charge is -2.07. The molecule has 0 amide bonds. The van der Waals surface area contributed by atoms with E-state index in [1.54, 1.807) is 23.1 Å². The molecule has 0 radical (unpaired) electrons. The molecule has 0 aliphatic heterocycles. The van der Waals surface area contributed by atoms with Gasteiger partial charge in [0.15, 0.2) is 11.4 Å². The molecule has 0 saturated heterocycles. The van der Waals surface area contributed by atoms with E-state index < -0.39 is 0 Å². The molecule has 100 valence electrons. The number of carbonyl (C=O) groups is 1. The van der Waals surface area contributed by atoms with E-state index in [2.05, 4.69) is 10.1 Å². The summed E-state index contributed by atoms with van der Waals surface area (Å²) in [6, 6.07) is 3.59. The van der Waals surface area contributed by atoms with Crippen LogP contribution in [0.1, 0.15) is 35.1 Å². The van der Waals surface area contributed by atoms with Crippen molar-refractivity contribution >= 4 is 5.78 Å². The second kappa shape index (κ2) is 5.65. The third kappa shape index (κ3) is 2.65. The van der Waals surface area contributed by atoms with Crippen LogP contribution in [0.2, 0.25) is 0 Å². The van der Waals surface area contributed by atoms with Crippen molar-refractivity contribution in [3.63, 3.8) is 0 Å². The molecule has 0 spiro atoms. The van der Waals surface area contributed by atoms with Gasteiger partial charge in [-0.3, -0.25) is 14.5 Å². The fraction of sp³-hybridized carbons (Fsp3) is 0.357. The topological polar surface area (TPSA) is 57.0 Å². The highest BCUT2D eigenvalue weighted by Gasteiger charge is 2.20. The highest BCUT2D eigenvalue weighted by Crippen LogP contribution is 2.21. The van der Waals surface area contributed by atoms with Gasteiger partial charge in [0.1, 0.15) is 0 Å². The molecule has 5 heteroatoms. The lowest BCUT2D eigenvalue weighted by atomic mass is 10.1. The predicted molar refractivity (Wildman–Crippen MR) is 71.5 cm³/mol. The number of nitrogens with zero attached hydrogens (tertiary/aromatic N) is 3. The van der Waals surface area contributed by atoms with Gasteiger partial charge in [-0.25, -0.2) is 0 Å². The Balaban J connectivity index is 2.42. The Morgan fingerprint density at radius 2 is 2.16 bits per heavy atom. The molecule has 0 unspecified atom stereocenters. The predicted octanol–water partition coefficient (Wildman–Crippen LogP) is 2.24. The summed E-state index contributed by atoms with van der Waals surface area (Å²) in [5, 5.41) is 4.19. The van der Waals surface area contributed by atoms with E-state index in [1.165, 1.54) is 7.11 Å². The molecule has 2 rings (SSSR count). The van der Waals surface area contributed by atoms with Crippen LogP contribution in [0.4, 0.5) is 0 Å². The second-order valence-electron chi connectivity index (χ2n) is 4.30. The molecular weight excluding hydrogens is 242 g/mol. The largest absolute Gasteiger partial charge is 0.493 e. The third-order valence-electron chi connectivity index (χ3n) is 2.85. The van der Waals surface area contributed by atoms with Crippen molar-refractivity contribution in [1.29, 1.82) is 0 Å². The number of rotatable bonds is 5. The van der Waals surface area contributed by atoms with Crippen LogP contribution in [-0.2, 0) is 6.54 Å². The van der Waals surface area contributed by atoms with Gasteiger partial charge in [-0.15, -0.1) is 0 Å². The van der Waals surface area contributed by atoms with E-state index in [9.17, 15) is 4.79 Å². The first-order valence-electron chi connectivity index (χ1n) is 6.24. The molecule has 0 aliphatic rings. The van der Waals surface area contributed by atoms with E-state index in [0.29, 0.717) is 23.6 Å². The van der Waals surface area contributed by atoms with E-state index >= 15 is 0 Å². The summed E-state index contributed by atoms with van der Waals surface area (Å²) in [5.41, 5.74) is 1.90. The summed E-state index contributed by atoms with van der Waals surface area (Å²) in [6.45, 7) is 4.61. The van der Waals surface area contributed by atoms with E-state index in [0.717, 1.165) is 12.1 Å². The van der Waals surface area contributed by atoms with E-state index in [1.807, 2.05) is 19.9 Å². The highest BCUT2D eigenvalue weighted by molar-refractivity contribution is 6.09. The number of pyridine rings is 1. The normalized spacial score (nSPS) is 10.5. The van der Waals surface area contributed by atoms with Crippen LogP contribution in [0.25, 0.3) is 0 Å². The molecule has 2 aromatic heterocycles. The molecule has 0 atom stereocenters. The molecule has 2 aromatic rings. The Morgan fingerprint density at radius 3 is 2.74 bits per heavy atom. The quantitative estimate of drug-likeness (QED) is 0.773. The zero-order valence-electron chi connectivity index (χ0n) is 11.4. The van der Waals surface area contributed by atoms with Gasteiger partial charge in [-0.1, -0.05) is 6.92 Å². The number of methoxy groups -OCH3 is 1. The summed E-state index contributed by atoms with van der Waals surface area (Å²) < 4.78 is 6.90. The Bertz CT molecular complexity index is 573. The van der Waals surface area contributed by atoms with Crippen LogP contribution < -0.4 is 4.74 Å². The molecule has 5 nitrogen and oxygen atoms in total.